The highest BCUT2D eigenvalue weighted by atomic mass is 32.1. The number of hydrogen-bond acceptors (Lipinski definition) is 2. The number of aliphatic hydroxyl groups excluding tert-OH is 1. The first-order valence-electron chi connectivity index (χ1n) is 1.62. The van der Waals surface area contributed by atoms with E-state index in [4.69, 9.17) is 10.8 Å². The van der Waals surface area contributed by atoms with Gasteiger partial charge in [-0.05, 0) is 6.92 Å². The van der Waals surface area contributed by atoms with Gasteiger partial charge in [0.05, 0.1) is 0 Å². The van der Waals surface area contributed by atoms with Gasteiger partial charge in [0.2, 0.25) is 0 Å². The van der Waals surface area contributed by atoms with Crippen LogP contribution in [0.5, 0.6) is 0 Å². The lowest BCUT2D eigenvalue weighted by molar-refractivity contribution is 0.263. The Morgan fingerprint density at radius 1 is 2.00 bits per heavy atom. The zero-order chi connectivity index (χ0) is 5.15. The van der Waals surface area contributed by atoms with Crippen molar-refractivity contribution in [3.8, 4) is 0 Å². The van der Waals surface area contributed by atoms with Crippen LogP contribution in [0.1, 0.15) is 6.92 Å². The van der Waals surface area contributed by atoms with Crippen molar-refractivity contribution in [1.82, 2.24) is 0 Å². The van der Waals surface area contributed by atoms with Gasteiger partial charge in [0.25, 0.3) is 0 Å². The van der Waals surface area contributed by atoms with Gasteiger partial charge >= 0.3 is 0 Å². The second-order valence-electron chi connectivity index (χ2n) is 1.08. The Bertz CT molecular complexity index is 61.8. The molecule has 0 amide bonds. The molecule has 0 spiro atoms. The summed E-state index contributed by atoms with van der Waals surface area (Å²) < 4.78 is 0. The van der Waals surface area contributed by atoms with Gasteiger partial charge in [0, 0.05) is 0 Å². The average molecular weight is 105 g/mol. The van der Waals surface area contributed by atoms with Crippen molar-refractivity contribution in [2.45, 2.75) is 13.0 Å². The van der Waals surface area contributed by atoms with Crippen LogP contribution < -0.4 is 5.73 Å². The summed E-state index contributed by atoms with van der Waals surface area (Å²) >= 11 is 4.35. The minimum Gasteiger partial charge on any atom is -0.391 e. The molecule has 1 atom stereocenters. The highest BCUT2D eigenvalue weighted by Gasteiger charge is 1.93. The fourth-order valence-corrected chi connectivity index (χ4v) is 0. The first-order valence-corrected chi connectivity index (χ1v) is 2.03. The maximum atomic E-state index is 8.36. The van der Waals surface area contributed by atoms with Crippen molar-refractivity contribution in [3.63, 3.8) is 0 Å². The van der Waals surface area contributed by atoms with E-state index in [0.29, 0.717) is 0 Å². The van der Waals surface area contributed by atoms with Gasteiger partial charge in [-0.2, -0.15) is 0 Å². The molecule has 0 aromatic rings. The third-order valence-corrected chi connectivity index (χ3v) is 0.753. The van der Waals surface area contributed by atoms with Crippen LogP contribution in [-0.4, -0.2) is 16.2 Å². The fourth-order valence-electron chi connectivity index (χ4n) is 0. The molecule has 0 unspecified atom stereocenters. The predicted octanol–water partition coefficient (Wildman–Crippen LogP) is -0.347. The van der Waals surface area contributed by atoms with E-state index in [1.54, 1.807) is 0 Å². The largest absolute Gasteiger partial charge is 0.391 e. The van der Waals surface area contributed by atoms with Crippen molar-refractivity contribution in [1.29, 1.82) is 0 Å². The van der Waals surface area contributed by atoms with Gasteiger partial charge in [0.15, 0.2) is 0 Å². The van der Waals surface area contributed by atoms with Crippen LogP contribution in [-0.2, 0) is 0 Å². The minimum absolute atomic E-state index is 0.148. The van der Waals surface area contributed by atoms with E-state index in [-0.39, 0.29) is 4.99 Å². The van der Waals surface area contributed by atoms with E-state index in [2.05, 4.69) is 12.2 Å². The molecule has 0 saturated heterocycles. The van der Waals surface area contributed by atoms with Gasteiger partial charge in [-0.3, -0.25) is 0 Å². The lowest BCUT2D eigenvalue weighted by Crippen LogP contribution is -2.22. The summed E-state index contributed by atoms with van der Waals surface area (Å²) in [5.41, 5.74) is 4.92. The molecule has 0 rings (SSSR count). The Labute approximate surface area is 42.0 Å². The summed E-state index contributed by atoms with van der Waals surface area (Å²) in [4.78, 5) is 0.148. The molecule has 0 saturated carbocycles. The average Bonchev–Trinajstić information content (AvgIpc) is 1.36. The highest BCUT2D eigenvalue weighted by molar-refractivity contribution is 7.80. The third-order valence-electron chi connectivity index (χ3n) is 0.412. The van der Waals surface area contributed by atoms with Crippen molar-refractivity contribution < 1.29 is 5.11 Å². The predicted molar refractivity (Wildman–Crippen MR) is 28.5 cm³/mol. The zero-order valence-corrected chi connectivity index (χ0v) is 4.33. The molecule has 3 N–H and O–H groups in total. The molecule has 0 fully saturated rings. The third kappa shape index (κ3) is 2.11. The Balaban J connectivity index is 3.26. The summed E-state index contributed by atoms with van der Waals surface area (Å²) in [7, 11) is 0. The van der Waals surface area contributed by atoms with Crippen LogP contribution >= 0.6 is 12.2 Å². The normalized spacial score (nSPS) is 13.7. The summed E-state index contributed by atoms with van der Waals surface area (Å²) in [6, 6.07) is 0. The van der Waals surface area contributed by atoms with Crippen LogP contribution in [0.25, 0.3) is 0 Å². The Kier molecular flexibility index (Phi) is 2.05. The number of hydrogen-bond donors (Lipinski definition) is 2. The van der Waals surface area contributed by atoms with E-state index < -0.39 is 6.10 Å². The fraction of sp³-hybridized carbons (Fsp3) is 0.667. The second kappa shape index (κ2) is 2.10. The molecule has 0 aromatic heterocycles. The first-order chi connectivity index (χ1) is 2.64. The minimum atomic E-state index is -0.639. The molecule has 0 aliphatic heterocycles. The molecule has 36 valence electrons. The molecule has 0 radical (unpaired) electrons. The summed E-state index contributed by atoms with van der Waals surface area (Å²) in [6.45, 7) is 1.53. The molecule has 0 aliphatic rings. The van der Waals surface area contributed by atoms with Crippen LogP contribution in [0.15, 0.2) is 0 Å². The van der Waals surface area contributed by atoms with Crippen LogP contribution in [0.2, 0.25) is 0 Å². The smallest absolute Gasteiger partial charge is 0.101 e. The van der Waals surface area contributed by atoms with Crippen LogP contribution in [0.4, 0.5) is 0 Å². The topological polar surface area (TPSA) is 46.2 Å². The number of nitrogens with two attached hydrogens (primary N) is 1. The lowest BCUT2D eigenvalue weighted by atomic mass is 10.4. The SMILES string of the molecule is C[C@H](O)C(N)=S. The van der Waals surface area contributed by atoms with E-state index >= 15 is 0 Å². The number of thiocarbonyl (C=S) groups is 1. The van der Waals surface area contributed by atoms with E-state index in [1.165, 1.54) is 6.92 Å². The molecular weight excluding hydrogens is 98.1 g/mol. The van der Waals surface area contributed by atoms with Crippen molar-refractivity contribution in [3.05, 3.63) is 0 Å². The first kappa shape index (κ1) is 5.85. The maximum absolute atomic E-state index is 8.36. The van der Waals surface area contributed by atoms with Gasteiger partial charge in [-0.1, -0.05) is 12.2 Å². The Hall–Kier alpha value is -0.150. The molecule has 2 nitrogen and oxygen atoms in total. The second-order valence-corrected chi connectivity index (χ2v) is 1.55. The van der Waals surface area contributed by atoms with E-state index in [1.807, 2.05) is 0 Å². The van der Waals surface area contributed by atoms with Crippen LogP contribution in [0.3, 0.4) is 0 Å². The summed E-state index contributed by atoms with van der Waals surface area (Å²) in [5, 5.41) is 8.36. The molecule has 0 heterocycles. The molecule has 6 heavy (non-hydrogen) atoms. The monoisotopic (exact) mass is 105 g/mol. The molecule has 0 aliphatic carbocycles. The van der Waals surface area contributed by atoms with E-state index in [0.717, 1.165) is 0 Å². The van der Waals surface area contributed by atoms with Gasteiger partial charge in [-0.15, -0.1) is 0 Å². The molecular formula is C3H7NOS. The van der Waals surface area contributed by atoms with Crippen molar-refractivity contribution in [2.75, 3.05) is 0 Å². The Morgan fingerprint density at radius 2 is 2.17 bits per heavy atom. The standard InChI is InChI=1S/C3H7NOS/c1-2(5)3(4)6/h2,5H,1H3,(H2,4,6)/t2-/m0/s1. The van der Waals surface area contributed by atoms with Crippen molar-refractivity contribution in [2.24, 2.45) is 5.73 Å². The van der Waals surface area contributed by atoms with Crippen LogP contribution in [0, 0.1) is 0 Å². The number of rotatable bonds is 1. The number of aliphatic hydroxyl groups is 1. The van der Waals surface area contributed by atoms with Gasteiger partial charge in [-0.25, -0.2) is 0 Å². The Morgan fingerprint density at radius 3 is 2.17 bits per heavy atom. The molecule has 3 heteroatoms. The maximum Gasteiger partial charge on any atom is 0.101 e. The highest BCUT2D eigenvalue weighted by Crippen LogP contribution is 1.75. The van der Waals surface area contributed by atoms with Gasteiger partial charge < -0.3 is 10.8 Å². The quantitative estimate of drug-likeness (QED) is 0.448. The van der Waals surface area contributed by atoms with Crippen molar-refractivity contribution >= 4 is 17.2 Å². The molecule has 0 bridgehead atoms. The lowest BCUT2D eigenvalue weighted by Gasteiger charge is -1.94. The zero-order valence-electron chi connectivity index (χ0n) is 3.51. The van der Waals surface area contributed by atoms with Gasteiger partial charge in [0.1, 0.15) is 11.1 Å². The summed E-state index contributed by atoms with van der Waals surface area (Å²) in [6.07, 6.45) is -0.639. The van der Waals surface area contributed by atoms with E-state index in [9.17, 15) is 0 Å². The molecule has 0 aromatic carbocycles. The summed E-state index contributed by atoms with van der Waals surface area (Å²) in [5.74, 6) is 0.